The van der Waals surface area contributed by atoms with Crippen LogP contribution in [-0.4, -0.2) is 21.7 Å². The van der Waals surface area contributed by atoms with Gasteiger partial charge in [-0.15, -0.1) is 5.10 Å². The number of nitrogens with one attached hydrogen (secondary N) is 1. The minimum Gasteiger partial charge on any atom is -0.290 e. The highest BCUT2D eigenvalue weighted by Gasteiger charge is 2.10. The second-order valence-corrected chi connectivity index (χ2v) is 3.32. The van der Waals surface area contributed by atoms with Crippen LogP contribution < -0.4 is 5.48 Å². The standard InChI is InChI=1S/C12H9N5O/c13-6-10-11(9-4-2-1-3-5-9)7-15-17-12(10)14-8-16-18/h1-5,7-8,18H,(H,14,16,17). The zero-order valence-electron chi connectivity index (χ0n) is 9.28. The summed E-state index contributed by atoms with van der Waals surface area (Å²) in [5.41, 5.74) is 3.58. The maximum atomic E-state index is 9.19. The first-order valence-electron chi connectivity index (χ1n) is 5.10. The van der Waals surface area contributed by atoms with Gasteiger partial charge in [-0.05, 0) is 5.56 Å². The van der Waals surface area contributed by atoms with E-state index < -0.39 is 0 Å². The molecular weight excluding hydrogens is 230 g/mol. The predicted molar refractivity (Wildman–Crippen MR) is 65.3 cm³/mol. The molecule has 1 aromatic carbocycles. The van der Waals surface area contributed by atoms with Gasteiger partial charge in [0.1, 0.15) is 18.0 Å². The second-order valence-electron chi connectivity index (χ2n) is 3.32. The lowest BCUT2D eigenvalue weighted by atomic mass is 10.0. The first-order chi connectivity index (χ1) is 8.86. The Balaban J connectivity index is 2.56. The van der Waals surface area contributed by atoms with Crippen LogP contribution in [0.25, 0.3) is 11.1 Å². The molecule has 2 rings (SSSR count). The van der Waals surface area contributed by atoms with Crippen LogP contribution in [0.2, 0.25) is 0 Å². The van der Waals surface area contributed by atoms with Crippen molar-refractivity contribution in [2.24, 2.45) is 4.99 Å². The minimum atomic E-state index is 0.153. The Kier molecular flexibility index (Phi) is 3.59. The van der Waals surface area contributed by atoms with Gasteiger partial charge >= 0.3 is 0 Å². The summed E-state index contributed by atoms with van der Waals surface area (Å²) in [6, 6.07) is 11.4. The Morgan fingerprint density at radius 2 is 2.11 bits per heavy atom. The van der Waals surface area contributed by atoms with Crippen molar-refractivity contribution in [3.63, 3.8) is 0 Å². The number of hydroxylamine groups is 1. The van der Waals surface area contributed by atoms with E-state index >= 15 is 0 Å². The Bertz CT molecular complexity index is 604. The first-order valence-corrected chi connectivity index (χ1v) is 5.10. The Morgan fingerprint density at radius 1 is 1.33 bits per heavy atom. The molecule has 0 fully saturated rings. The number of hydrogen-bond donors (Lipinski definition) is 2. The van der Waals surface area contributed by atoms with E-state index in [0.29, 0.717) is 11.1 Å². The van der Waals surface area contributed by atoms with Gasteiger partial charge < -0.3 is 0 Å². The average molecular weight is 239 g/mol. The molecule has 0 atom stereocenters. The van der Waals surface area contributed by atoms with Gasteiger partial charge in [-0.3, -0.25) is 10.7 Å². The summed E-state index contributed by atoms with van der Waals surface area (Å²) in [5, 5.41) is 25.2. The number of benzene rings is 1. The van der Waals surface area contributed by atoms with Crippen LogP contribution in [-0.2, 0) is 0 Å². The molecule has 0 saturated carbocycles. The van der Waals surface area contributed by atoms with Gasteiger partial charge in [0.2, 0.25) is 0 Å². The zero-order valence-corrected chi connectivity index (χ0v) is 9.28. The van der Waals surface area contributed by atoms with E-state index in [0.717, 1.165) is 11.9 Å². The summed E-state index contributed by atoms with van der Waals surface area (Å²) in [5.74, 6) is 0.153. The molecule has 0 saturated heterocycles. The van der Waals surface area contributed by atoms with Crippen molar-refractivity contribution in [1.82, 2.24) is 15.7 Å². The van der Waals surface area contributed by atoms with E-state index in [9.17, 15) is 5.26 Å². The molecule has 0 bridgehead atoms. The summed E-state index contributed by atoms with van der Waals surface area (Å²) < 4.78 is 0. The fraction of sp³-hybridized carbons (Fsp3) is 0. The number of nitrogens with zero attached hydrogens (tertiary/aromatic N) is 4. The predicted octanol–water partition coefficient (Wildman–Crippen LogP) is 1.65. The molecule has 88 valence electrons. The molecule has 0 aliphatic heterocycles. The topological polar surface area (TPSA) is 94.2 Å². The number of aliphatic imine (C=N–C) groups is 1. The van der Waals surface area contributed by atoms with Crippen LogP contribution in [0.1, 0.15) is 5.56 Å². The summed E-state index contributed by atoms with van der Waals surface area (Å²) in [6.45, 7) is 0. The van der Waals surface area contributed by atoms with Crippen LogP contribution in [0.4, 0.5) is 5.82 Å². The molecular formula is C12H9N5O. The molecule has 0 spiro atoms. The van der Waals surface area contributed by atoms with Crippen molar-refractivity contribution in [1.29, 1.82) is 5.26 Å². The van der Waals surface area contributed by atoms with Gasteiger partial charge in [0.25, 0.3) is 0 Å². The third-order valence-electron chi connectivity index (χ3n) is 2.27. The zero-order chi connectivity index (χ0) is 12.8. The SMILES string of the molecule is N#Cc1c(-c2ccccc2)cnnc1/N=C/NO. The van der Waals surface area contributed by atoms with Gasteiger partial charge in [0.15, 0.2) is 5.82 Å². The number of nitriles is 1. The molecule has 0 radical (unpaired) electrons. The van der Waals surface area contributed by atoms with Crippen molar-refractivity contribution in [3.05, 3.63) is 42.1 Å². The van der Waals surface area contributed by atoms with Crippen molar-refractivity contribution < 1.29 is 5.21 Å². The monoisotopic (exact) mass is 239 g/mol. The molecule has 0 aliphatic rings. The summed E-state index contributed by atoms with van der Waals surface area (Å²) in [7, 11) is 0. The number of hydrogen-bond acceptors (Lipinski definition) is 5. The fourth-order valence-electron chi connectivity index (χ4n) is 1.50. The first kappa shape index (κ1) is 11.7. The van der Waals surface area contributed by atoms with Crippen LogP contribution in [0.15, 0.2) is 41.5 Å². The Hall–Kier alpha value is -2.78. The summed E-state index contributed by atoms with van der Waals surface area (Å²) in [4.78, 5) is 3.80. The average Bonchev–Trinajstić information content (AvgIpc) is 2.45. The molecule has 2 aromatic rings. The van der Waals surface area contributed by atoms with Crippen molar-refractivity contribution >= 4 is 12.2 Å². The maximum absolute atomic E-state index is 9.19. The number of rotatable bonds is 3. The minimum absolute atomic E-state index is 0.153. The third kappa shape index (κ3) is 2.31. The van der Waals surface area contributed by atoms with E-state index in [1.54, 1.807) is 5.48 Å². The van der Waals surface area contributed by atoms with Gasteiger partial charge in [0, 0.05) is 5.56 Å². The van der Waals surface area contributed by atoms with E-state index in [4.69, 9.17) is 5.21 Å². The highest BCUT2D eigenvalue weighted by Crippen LogP contribution is 2.26. The molecule has 1 aromatic heterocycles. The molecule has 0 amide bonds. The molecule has 6 nitrogen and oxygen atoms in total. The van der Waals surface area contributed by atoms with Gasteiger partial charge in [-0.2, -0.15) is 10.4 Å². The van der Waals surface area contributed by atoms with Crippen molar-refractivity contribution in [2.75, 3.05) is 0 Å². The fourth-order valence-corrected chi connectivity index (χ4v) is 1.50. The molecule has 1 heterocycles. The maximum Gasteiger partial charge on any atom is 0.194 e. The molecule has 18 heavy (non-hydrogen) atoms. The van der Waals surface area contributed by atoms with Crippen molar-refractivity contribution in [3.8, 4) is 17.2 Å². The lowest BCUT2D eigenvalue weighted by molar-refractivity contribution is 0.240. The van der Waals surface area contributed by atoms with E-state index in [1.165, 1.54) is 6.20 Å². The highest BCUT2D eigenvalue weighted by atomic mass is 16.5. The molecule has 0 aliphatic carbocycles. The Labute approximate surface area is 103 Å². The van der Waals surface area contributed by atoms with Gasteiger partial charge in [-0.1, -0.05) is 30.3 Å². The quantitative estimate of drug-likeness (QED) is 0.482. The summed E-state index contributed by atoms with van der Waals surface area (Å²) >= 11 is 0. The van der Waals surface area contributed by atoms with Gasteiger partial charge in [0.05, 0.1) is 6.20 Å². The lowest BCUT2D eigenvalue weighted by Gasteiger charge is -2.04. The Morgan fingerprint density at radius 3 is 2.78 bits per heavy atom. The van der Waals surface area contributed by atoms with E-state index in [2.05, 4.69) is 15.2 Å². The van der Waals surface area contributed by atoms with Crippen LogP contribution in [0.5, 0.6) is 0 Å². The van der Waals surface area contributed by atoms with Gasteiger partial charge in [-0.25, -0.2) is 4.99 Å². The molecule has 2 N–H and O–H groups in total. The van der Waals surface area contributed by atoms with E-state index in [1.807, 2.05) is 36.4 Å². The molecule has 0 unspecified atom stereocenters. The smallest absolute Gasteiger partial charge is 0.194 e. The van der Waals surface area contributed by atoms with Crippen molar-refractivity contribution in [2.45, 2.75) is 0 Å². The van der Waals surface area contributed by atoms with E-state index in [-0.39, 0.29) is 5.82 Å². The third-order valence-corrected chi connectivity index (χ3v) is 2.27. The molecule has 6 heteroatoms. The van der Waals surface area contributed by atoms with Crippen LogP contribution >= 0.6 is 0 Å². The number of aromatic nitrogens is 2. The second kappa shape index (κ2) is 5.52. The summed E-state index contributed by atoms with van der Waals surface area (Å²) in [6.07, 6.45) is 2.54. The van der Waals surface area contributed by atoms with Crippen LogP contribution in [0.3, 0.4) is 0 Å². The van der Waals surface area contributed by atoms with Crippen LogP contribution in [0, 0.1) is 11.3 Å². The lowest BCUT2D eigenvalue weighted by Crippen LogP contribution is -2.02. The highest BCUT2D eigenvalue weighted by molar-refractivity contribution is 5.75. The largest absolute Gasteiger partial charge is 0.290 e. The normalized spacial score (nSPS) is 10.2.